The van der Waals surface area contributed by atoms with Crippen molar-refractivity contribution >= 4 is 5.69 Å². The van der Waals surface area contributed by atoms with Gasteiger partial charge in [0.1, 0.15) is 0 Å². The van der Waals surface area contributed by atoms with Crippen molar-refractivity contribution in [1.29, 1.82) is 0 Å². The molecule has 2 rings (SSSR count). The molecular weight excluding hydrogens is 212 g/mol. The van der Waals surface area contributed by atoms with Crippen LogP contribution < -0.4 is 4.90 Å². The summed E-state index contributed by atoms with van der Waals surface area (Å²) in [6, 6.07) is 7.38. The average molecular weight is 227 g/mol. The van der Waals surface area contributed by atoms with Crippen molar-refractivity contribution in [2.45, 2.75) is 25.4 Å². The molecule has 4 heteroatoms. The van der Waals surface area contributed by atoms with Gasteiger partial charge in [0.25, 0.3) is 5.92 Å². The smallest absolute Gasteiger partial charge is 0.251 e. The van der Waals surface area contributed by atoms with Crippen LogP contribution in [-0.2, 0) is 6.61 Å². The van der Waals surface area contributed by atoms with E-state index in [0.717, 1.165) is 11.3 Å². The Kier molecular flexibility index (Phi) is 3.10. The summed E-state index contributed by atoms with van der Waals surface area (Å²) >= 11 is 0. The summed E-state index contributed by atoms with van der Waals surface area (Å²) in [5.41, 5.74) is 1.79. The first-order valence-corrected chi connectivity index (χ1v) is 5.43. The fraction of sp³-hybridized carbons (Fsp3) is 0.500. The van der Waals surface area contributed by atoms with Gasteiger partial charge in [0, 0.05) is 31.6 Å². The number of aliphatic hydroxyl groups is 1. The summed E-state index contributed by atoms with van der Waals surface area (Å²) < 4.78 is 25.9. The van der Waals surface area contributed by atoms with Gasteiger partial charge in [-0.3, -0.25) is 0 Å². The SMILES string of the molecule is OCc1ccc(N2CCC(F)(F)CC2)cc1. The van der Waals surface area contributed by atoms with Crippen molar-refractivity contribution in [3.8, 4) is 0 Å². The van der Waals surface area contributed by atoms with E-state index in [4.69, 9.17) is 5.11 Å². The fourth-order valence-electron chi connectivity index (χ4n) is 1.90. The number of nitrogens with zero attached hydrogens (tertiary/aromatic N) is 1. The van der Waals surface area contributed by atoms with Gasteiger partial charge >= 0.3 is 0 Å². The maximum absolute atomic E-state index is 13.0. The van der Waals surface area contributed by atoms with Crippen molar-refractivity contribution in [1.82, 2.24) is 0 Å². The molecule has 1 aromatic rings. The monoisotopic (exact) mass is 227 g/mol. The number of alkyl halides is 2. The van der Waals surface area contributed by atoms with Crippen molar-refractivity contribution in [3.05, 3.63) is 29.8 Å². The Morgan fingerprint density at radius 2 is 1.69 bits per heavy atom. The van der Waals surface area contributed by atoms with Crippen LogP contribution >= 0.6 is 0 Å². The highest BCUT2D eigenvalue weighted by Gasteiger charge is 2.33. The molecule has 16 heavy (non-hydrogen) atoms. The standard InChI is InChI=1S/C12H15F2NO/c13-12(14)5-7-15(8-6-12)11-3-1-10(9-16)2-4-11/h1-4,16H,5-9H2. The van der Waals surface area contributed by atoms with Gasteiger partial charge in [0.15, 0.2) is 0 Å². The van der Waals surface area contributed by atoms with Crippen LogP contribution in [0.1, 0.15) is 18.4 Å². The average Bonchev–Trinajstić information content (AvgIpc) is 2.29. The number of anilines is 1. The van der Waals surface area contributed by atoms with Gasteiger partial charge in [0.05, 0.1) is 6.61 Å². The molecule has 0 amide bonds. The van der Waals surface area contributed by atoms with Gasteiger partial charge in [-0.2, -0.15) is 0 Å². The summed E-state index contributed by atoms with van der Waals surface area (Å²) in [7, 11) is 0. The summed E-state index contributed by atoms with van der Waals surface area (Å²) in [6.45, 7) is 0.801. The molecule has 0 radical (unpaired) electrons. The molecular formula is C12H15F2NO. The first-order chi connectivity index (χ1) is 7.61. The van der Waals surface area contributed by atoms with E-state index in [-0.39, 0.29) is 19.4 Å². The van der Waals surface area contributed by atoms with Crippen LogP contribution in [0.15, 0.2) is 24.3 Å². The molecule has 1 aromatic carbocycles. The molecule has 0 spiro atoms. The summed E-state index contributed by atoms with van der Waals surface area (Å²) in [4.78, 5) is 1.96. The van der Waals surface area contributed by atoms with E-state index in [2.05, 4.69) is 0 Å². The van der Waals surface area contributed by atoms with Crippen LogP contribution in [0.3, 0.4) is 0 Å². The number of hydrogen-bond donors (Lipinski definition) is 1. The number of hydrogen-bond acceptors (Lipinski definition) is 2. The quantitative estimate of drug-likeness (QED) is 0.838. The van der Waals surface area contributed by atoms with Crippen LogP contribution in [0.4, 0.5) is 14.5 Å². The van der Waals surface area contributed by atoms with E-state index in [1.54, 1.807) is 0 Å². The lowest BCUT2D eigenvalue weighted by molar-refractivity contribution is -0.0220. The lowest BCUT2D eigenvalue weighted by atomic mass is 10.1. The molecule has 0 bridgehead atoms. The van der Waals surface area contributed by atoms with Crippen LogP contribution in [0.25, 0.3) is 0 Å². The van der Waals surface area contributed by atoms with E-state index in [1.165, 1.54) is 0 Å². The first kappa shape index (κ1) is 11.3. The van der Waals surface area contributed by atoms with Crippen LogP contribution in [-0.4, -0.2) is 24.1 Å². The molecule has 0 aromatic heterocycles. The van der Waals surface area contributed by atoms with Gasteiger partial charge in [-0.25, -0.2) is 8.78 Å². The molecule has 1 aliphatic heterocycles. The highest BCUT2D eigenvalue weighted by molar-refractivity contribution is 5.48. The summed E-state index contributed by atoms with van der Waals surface area (Å²) in [5.74, 6) is -2.50. The maximum Gasteiger partial charge on any atom is 0.251 e. The van der Waals surface area contributed by atoms with Crippen molar-refractivity contribution in [3.63, 3.8) is 0 Å². The topological polar surface area (TPSA) is 23.5 Å². The number of aliphatic hydroxyl groups excluding tert-OH is 1. The van der Waals surface area contributed by atoms with Gasteiger partial charge in [-0.1, -0.05) is 12.1 Å². The molecule has 1 aliphatic rings. The molecule has 0 unspecified atom stereocenters. The molecule has 0 atom stereocenters. The minimum atomic E-state index is -2.50. The minimum Gasteiger partial charge on any atom is -0.392 e. The number of benzene rings is 1. The third-order valence-corrected chi connectivity index (χ3v) is 2.98. The van der Waals surface area contributed by atoms with Crippen LogP contribution in [0.5, 0.6) is 0 Å². The zero-order valence-electron chi connectivity index (χ0n) is 9.00. The fourth-order valence-corrected chi connectivity index (χ4v) is 1.90. The third kappa shape index (κ3) is 2.50. The second-order valence-electron chi connectivity index (χ2n) is 4.17. The maximum atomic E-state index is 13.0. The zero-order chi connectivity index (χ0) is 11.6. The van der Waals surface area contributed by atoms with Crippen molar-refractivity contribution in [2.24, 2.45) is 0 Å². The Bertz CT molecular complexity index is 341. The van der Waals surface area contributed by atoms with Crippen LogP contribution in [0.2, 0.25) is 0 Å². The molecule has 0 aliphatic carbocycles. The van der Waals surface area contributed by atoms with Crippen LogP contribution in [0, 0.1) is 0 Å². The minimum absolute atomic E-state index is 0.0123. The highest BCUT2D eigenvalue weighted by atomic mass is 19.3. The normalized spacial score (nSPS) is 19.8. The number of halogens is 2. The zero-order valence-corrected chi connectivity index (χ0v) is 9.00. The first-order valence-electron chi connectivity index (χ1n) is 5.43. The number of piperidine rings is 1. The van der Waals surface area contributed by atoms with Crippen molar-refractivity contribution < 1.29 is 13.9 Å². The van der Waals surface area contributed by atoms with E-state index in [9.17, 15) is 8.78 Å². The second-order valence-corrected chi connectivity index (χ2v) is 4.17. The number of rotatable bonds is 2. The molecule has 2 nitrogen and oxygen atoms in total. The van der Waals surface area contributed by atoms with E-state index in [0.29, 0.717) is 13.1 Å². The molecule has 1 fully saturated rings. The van der Waals surface area contributed by atoms with E-state index < -0.39 is 5.92 Å². The van der Waals surface area contributed by atoms with Gasteiger partial charge < -0.3 is 10.0 Å². The molecule has 88 valence electrons. The molecule has 1 heterocycles. The Hall–Kier alpha value is -1.16. The Labute approximate surface area is 93.5 Å². The predicted octanol–water partition coefficient (Wildman–Crippen LogP) is 2.41. The van der Waals surface area contributed by atoms with Crippen molar-refractivity contribution in [2.75, 3.05) is 18.0 Å². The summed E-state index contributed by atoms with van der Waals surface area (Å²) in [5, 5.41) is 8.89. The molecule has 1 N–H and O–H groups in total. The molecule has 1 saturated heterocycles. The predicted molar refractivity (Wildman–Crippen MR) is 58.8 cm³/mol. The Morgan fingerprint density at radius 1 is 1.12 bits per heavy atom. The third-order valence-electron chi connectivity index (χ3n) is 2.98. The van der Waals surface area contributed by atoms with Gasteiger partial charge in [-0.15, -0.1) is 0 Å². The Morgan fingerprint density at radius 3 is 2.19 bits per heavy atom. The summed E-state index contributed by atoms with van der Waals surface area (Å²) in [6.07, 6.45) is -0.149. The van der Waals surface area contributed by atoms with E-state index in [1.807, 2.05) is 29.2 Å². The molecule has 0 saturated carbocycles. The van der Waals surface area contributed by atoms with E-state index >= 15 is 0 Å². The largest absolute Gasteiger partial charge is 0.392 e. The lowest BCUT2D eigenvalue weighted by Gasteiger charge is -2.33. The van der Waals surface area contributed by atoms with Gasteiger partial charge in [0.2, 0.25) is 0 Å². The second kappa shape index (κ2) is 4.37. The van der Waals surface area contributed by atoms with Gasteiger partial charge in [-0.05, 0) is 17.7 Å². The Balaban J connectivity index is 2.03. The highest BCUT2D eigenvalue weighted by Crippen LogP contribution is 2.30. The lowest BCUT2D eigenvalue weighted by Crippen LogP contribution is -2.39.